The van der Waals surface area contributed by atoms with Gasteiger partial charge in [-0.05, 0) is 64.1 Å². The molecule has 1 aliphatic carbocycles. The number of piperidine rings is 2. The van der Waals surface area contributed by atoms with E-state index in [0.29, 0.717) is 18.0 Å². The highest BCUT2D eigenvalue weighted by molar-refractivity contribution is 5.79. The van der Waals surface area contributed by atoms with Gasteiger partial charge in [0.1, 0.15) is 0 Å². The third-order valence-electron chi connectivity index (χ3n) is 6.15. The molecule has 3 aliphatic rings. The van der Waals surface area contributed by atoms with Crippen LogP contribution in [0.5, 0.6) is 0 Å². The second-order valence-corrected chi connectivity index (χ2v) is 8.39. The van der Waals surface area contributed by atoms with E-state index in [4.69, 9.17) is 0 Å². The smallest absolute Gasteiger partial charge is 0.224 e. The molecule has 1 amide bonds. The number of aryl methyl sites for hydroxylation is 1. The van der Waals surface area contributed by atoms with Crippen molar-refractivity contribution in [3.05, 3.63) is 29.6 Å². The minimum Gasteiger partial charge on any atom is -0.353 e. The van der Waals surface area contributed by atoms with Crippen LogP contribution in [0.3, 0.4) is 0 Å². The summed E-state index contributed by atoms with van der Waals surface area (Å²) in [4.78, 5) is 22.2. The van der Waals surface area contributed by atoms with Crippen LogP contribution in [-0.4, -0.2) is 59.0 Å². The van der Waals surface area contributed by atoms with Crippen LogP contribution in [0.4, 0.5) is 0 Å². The van der Waals surface area contributed by atoms with Gasteiger partial charge in [0.25, 0.3) is 0 Å². The van der Waals surface area contributed by atoms with Crippen molar-refractivity contribution in [3.63, 3.8) is 0 Å². The number of nitrogens with zero attached hydrogens (tertiary/aromatic N) is 3. The van der Waals surface area contributed by atoms with E-state index < -0.39 is 0 Å². The summed E-state index contributed by atoms with van der Waals surface area (Å²) in [7, 11) is 0. The number of likely N-dealkylation sites (tertiary alicyclic amines) is 2. The van der Waals surface area contributed by atoms with Crippen molar-refractivity contribution in [2.45, 2.75) is 64.1 Å². The van der Waals surface area contributed by atoms with Crippen LogP contribution in [0.1, 0.15) is 49.9 Å². The first-order chi connectivity index (χ1) is 12.7. The van der Waals surface area contributed by atoms with Gasteiger partial charge < -0.3 is 5.32 Å². The summed E-state index contributed by atoms with van der Waals surface area (Å²) in [5.74, 6) is 0.513. The second kappa shape index (κ2) is 8.05. The standard InChI is InChI=1S/C21H32N4O/c1-16-4-2-6-19(22-16)15-24-12-9-20(10-13-24)25-11-3-5-17(14-25)21(26)23-18-7-8-18/h2,4,6,17-18,20H,3,5,7-15H2,1H3,(H,23,26). The summed E-state index contributed by atoms with van der Waals surface area (Å²) in [6.45, 7) is 7.41. The molecule has 3 heterocycles. The zero-order valence-electron chi connectivity index (χ0n) is 16.0. The normalized spacial score (nSPS) is 26.0. The summed E-state index contributed by atoms with van der Waals surface area (Å²) < 4.78 is 0. The van der Waals surface area contributed by atoms with Gasteiger partial charge >= 0.3 is 0 Å². The second-order valence-electron chi connectivity index (χ2n) is 8.39. The van der Waals surface area contributed by atoms with Crippen molar-refractivity contribution in [2.75, 3.05) is 26.2 Å². The number of amides is 1. The molecule has 3 fully saturated rings. The van der Waals surface area contributed by atoms with Crippen LogP contribution < -0.4 is 5.32 Å². The number of carbonyl (C=O) groups is 1. The van der Waals surface area contributed by atoms with E-state index >= 15 is 0 Å². The molecule has 1 saturated carbocycles. The van der Waals surface area contributed by atoms with Crippen molar-refractivity contribution in [2.24, 2.45) is 5.92 Å². The van der Waals surface area contributed by atoms with Crippen LogP contribution in [0.2, 0.25) is 0 Å². The molecule has 1 aromatic rings. The molecular formula is C21H32N4O. The lowest BCUT2D eigenvalue weighted by atomic mass is 9.93. The van der Waals surface area contributed by atoms with Gasteiger partial charge in [0.05, 0.1) is 11.6 Å². The third kappa shape index (κ3) is 4.63. The van der Waals surface area contributed by atoms with E-state index in [1.54, 1.807) is 0 Å². The van der Waals surface area contributed by atoms with Crippen molar-refractivity contribution < 1.29 is 4.79 Å². The molecular weight excluding hydrogens is 324 g/mol. The van der Waals surface area contributed by atoms with E-state index in [1.165, 1.54) is 31.4 Å². The molecule has 2 aliphatic heterocycles. The number of aromatic nitrogens is 1. The van der Waals surface area contributed by atoms with Gasteiger partial charge in [-0.1, -0.05) is 6.07 Å². The van der Waals surface area contributed by atoms with Gasteiger partial charge in [-0.15, -0.1) is 0 Å². The molecule has 0 radical (unpaired) electrons. The fourth-order valence-corrected chi connectivity index (χ4v) is 4.46. The average Bonchev–Trinajstić information content (AvgIpc) is 3.46. The Morgan fingerprint density at radius 1 is 1.15 bits per heavy atom. The highest BCUT2D eigenvalue weighted by Crippen LogP contribution is 2.26. The van der Waals surface area contributed by atoms with Crippen molar-refractivity contribution >= 4 is 5.91 Å². The lowest BCUT2D eigenvalue weighted by Crippen LogP contribution is -2.50. The van der Waals surface area contributed by atoms with Gasteiger partial charge in [-0.25, -0.2) is 0 Å². The van der Waals surface area contributed by atoms with Crippen LogP contribution in [0, 0.1) is 12.8 Å². The summed E-state index contributed by atoms with van der Waals surface area (Å²) in [5.41, 5.74) is 2.28. The molecule has 1 aromatic heterocycles. The molecule has 1 N–H and O–H groups in total. The maximum atomic E-state index is 12.4. The maximum absolute atomic E-state index is 12.4. The molecule has 4 rings (SSSR count). The fourth-order valence-electron chi connectivity index (χ4n) is 4.46. The van der Waals surface area contributed by atoms with Gasteiger partial charge in [0.2, 0.25) is 5.91 Å². The molecule has 1 unspecified atom stereocenters. The number of pyridine rings is 1. The molecule has 0 bridgehead atoms. The van der Waals surface area contributed by atoms with Crippen LogP contribution in [0.15, 0.2) is 18.2 Å². The van der Waals surface area contributed by atoms with Crippen molar-refractivity contribution in [1.82, 2.24) is 20.1 Å². The summed E-state index contributed by atoms with van der Waals surface area (Å²) in [6, 6.07) is 7.42. The Hall–Kier alpha value is -1.46. The van der Waals surface area contributed by atoms with Gasteiger partial charge in [-0.3, -0.25) is 19.6 Å². The lowest BCUT2D eigenvalue weighted by molar-refractivity contribution is -0.127. The molecule has 26 heavy (non-hydrogen) atoms. The molecule has 2 saturated heterocycles. The maximum Gasteiger partial charge on any atom is 0.224 e. The lowest BCUT2D eigenvalue weighted by Gasteiger charge is -2.42. The monoisotopic (exact) mass is 356 g/mol. The Bertz CT molecular complexity index is 622. The Labute approximate surface area is 157 Å². The first-order valence-corrected chi connectivity index (χ1v) is 10.4. The molecule has 5 heteroatoms. The minimum absolute atomic E-state index is 0.207. The first-order valence-electron chi connectivity index (χ1n) is 10.4. The molecule has 0 aromatic carbocycles. The highest BCUT2D eigenvalue weighted by Gasteiger charge is 2.33. The Balaban J connectivity index is 1.25. The molecule has 5 nitrogen and oxygen atoms in total. The van der Waals surface area contributed by atoms with E-state index in [9.17, 15) is 4.79 Å². The summed E-state index contributed by atoms with van der Waals surface area (Å²) >= 11 is 0. The predicted octanol–water partition coefficient (Wildman–Crippen LogP) is 2.35. The van der Waals surface area contributed by atoms with Gasteiger partial charge in [0.15, 0.2) is 0 Å². The Kier molecular flexibility index (Phi) is 5.55. The number of hydrogen-bond acceptors (Lipinski definition) is 4. The van der Waals surface area contributed by atoms with Crippen LogP contribution >= 0.6 is 0 Å². The van der Waals surface area contributed by atoms with Crippen molar-refractivity contribution in [1.29, 1.82) is 0 Å². The Morgan fingerprint density at radius 2 is 1.96 bits per heavy atom. The van der Waals surface area contributed by atoms with Gasteiger partial charge in [-0.2, -0.15) is 0 Å². The van der Waals surface area contributed by atoms with E-state index in [0.717, 1.165) is 51.3 Å². The van der Waals surface area contributed by atoms with Crippen LogP contribution in [0.25, 0.3) is 0 Å². The fraction of sp³-hybridized carbons (Fsp3) is 0.714. The topological polar surface area (TPSA) is 48.5 Å². The molecule has 0 spiro atoms. The first kappa shape index (κ1) is 17.9. The molecule has 1 atom stereocenters. The van der Waals surface area contributed by atoms with E-state index in [1.807, 2.05) is 0 Å². The van der Waals surface area contributed by atoms with Crippen molar-refractivity contribution in [3.8, 4) is 0 Å². The summed E-state index contributed by atoms with van der Waals surface area (Å²) in [6.07, 6.45) is 7.00. The largest absolute Gasteiger partial charge is 0.353 e. The summed E-state index contributed by atoms with van der Waals surface area (Å²) in [5, 5.41) is 3.21. The van der Waals surface area contributed by atoms with Gasteiger partial charge in [0, 0.05) is 44.0 Å². The molecule has 142 valence electrons. The average molecular weight is 357 g/mol. The Morgan fingerprint density at radius 3 is 2.69 bits per heavy atom. The number of hydrogen-bond donors (Lipinski definition) is 1. The number of nitrogens with one attached hydrogen (secondary N) is 1. The highest BCUT2D eigenvalue weighted by atomic mass is 16.2. The zero-order chi connectivity index (χ0) is 17.9. The van der Waals surface area contributed by atoms with E-state index in [-0.39, 0.29) is 5.92 Å². The van der Waals surface area contributed by atoms with E-state index in [2.05, 4.69) is 45.2 Å². The zero-order valence-corrected chi connectivity index (χ0v) is 16.0. The third-order valence-corrected chi connectivity index (χ3v) is 6.15. The quantitative estimate of drug-likeness (QED) is 0.880. The predicted molar refractivity (Wildman–Crippen MR) is 103 cm³/mol. The number of carbonyl (C=O) groups excluding carboxylic acids is 1. The van der Waals surface area contributed by atoms with Crippen LogP contribution in [-0.2, 0) is 11.3 Å². The minimum atomic E-state index is 0.207. The number of rotatable bonds is 5. The SMILES string of the molecule is Cc1cccc(CN2CCC(N3CCCC(C(=O)NC4CC4)C3)CC2)n1.